The van der Waals surface area contributed by atoms with Crippen molar-refractivity contribution in [3.63, 3.8) is 0 Å². The van der Waals surface area contributed by atoms with Crippen LogP contribution in [0, 0.1) is 0 Å². The highest BCUT2D eigenvalue weighted by Gasteiger charge is 2.14. The van der Waals surface area contributed by atoms with Gasteiger partial charge in [-0.25, -0.2) is 4.63 Å². The maximum atomic E-state index is 8.84. The van der Waals surface area contributed by atoms with Crippen LogP contribution in [-0.4, -0.2) is 21.4 Å². The molecule has 7 heteroatoms. The number of amidine groups is 1. The molecule has 2 aromatic rings. The average Bonchev–Trinajstić information content (AvgIpc) is 2.74. The molecule has 0 aliphatic heterocycles. The molecule has 4 N–H and O–H groups in total. The molecule has 0 aliphatic carbocycles. The summed E-state index contributed by atoms with van der Waals surface area (Å²) in [6, 6.07) is 9.14. The Bertz CT molecular complexity index is 494. The third-order valence-corrected chi connectivity index (χ3v) is 1.87. The molecule has 0 saturated heterocycles. The molecule has 2 rings (SSSR count). The van der Waals surface area contributed by atoms with Crippen molar-refractivity contribution < 1.29 is 9.84 Å². The molecule has 0 atom stereocenters. The Hall–Kier alpha value is -2.57. The van der Waals surface area contributed by atoms with Gasteiger partial charge in [0.05, 0.1) is 0 Å². The fourth-order valence-electron chi connectivity index (χ4n) is 1.15. The maximum Gasteiger partial charge on any atom is 0.203 e. The lowest BCUT2D eigenvalue weighted by atomic mass is 10.3. The number of para-hydroxylation sites is 1. The van der Waals surface area contributed by atoms with Crippen molar-refractivity contribution in [1.82, 2.24) is 10.3 Å². The van der Waals surface area contributed by atoms with E-state index in [1.54, 1.807) is 12.1 Å². The number of benzene rings is 1. The zero-order chi connectivity index (χ0) is 11.4. The summed E-state index contributed by atoms with van der Waals surface area (Å²) in [6.07, 6.45) is 0. The molecule has 82 valence electrons. The first kappa shape index (κ1) is 9.97. The van der Waals surface area contributed by atoms with Crippen molar-refractivity contribution in [1.29, 1.82) is 0 Å². The Balaban J connectivity index is 2.24. The number of nitrogens with two attached hydrogens (primary N) is 1. The van der Waals surface area contributed by atoms with Crippen LogP contribution in [-0.2, 0) is 0 Å². The standard InChI is InChI=1S/C9H9N5O2/c10-8-7(13-16-14-8)9(12-15)11-6-4-2-1-3-5-6/h1-5,15H,(H2,10,14)(H,11,12). The first-order chi connectivity index (χ1) is 7.81. The zero-order valence-corrected chi connectivity index (χ0v) is 8.16. The van der Waals surface area contributed by atoms with Gasteiger partial charge in [0.25, 0.3) is 0 Å². The highest BCUT2D eigenvalue weighted by atomic mass is 16.6. The molecule has 0 radical (unpaired) electrons. The van der Waals surface area contributed by atoms with Crippen LogP contribution >= 0.6 is 0 Å². The summed E-state index contributed by atoms with van der Waals surface area (Å²) in [5.74, 6) is 0.126. The van der Waals surface area contributed by atoms with E-state index in [0.29, 0.717) is 0 Å². The molecule has 0 bridgehead atoms. The first-order valence-corrected chi connectivity index (χ1v) is 4.44. The van der Waals surface area contributed by atoms with Crippen LogP contribution in [0.4, 0.5) is 11.5 Å². The molecule has 1 aromatic heterocycles. The van der Waals surface area contributed by atoms with E-state index in [4.69, 9.17) is 10.9 Å². The predicted octanol–water partition coefficient (Wildman–Crippen LogP) is 0.900. The van der Waals surface area contributed by atoms with Gasteiger partial charge in [0.1, 0.15) is 0 Å². The van der Waals surface area contributed by atoms with Crippen molar-refractivity contribution in [3.8, 4) is 0 Å². The lowest BCUT2D eigenvalue weighted by Crippen LogP contribution is -2.15. The van der Waals surface area contributed by atoms with Gasteiger partial charge < -0.3 is 16.3 Å². The number of nitrogens with one attached hydrogen (secondary N) is 1. The second-order valence-electron chi connectivity index (χ2n) is 2.94. The Morgan fingerprint density at radius 1 is 1.31 bits per heavy atom. The number of hydrogen-bond donors (Lipinski definition) is 3. The smallest absolute Gasteiger partial charge is 0.203 e. The number of rotatable bonds is 2. The van der Waals surface area contributed by atoms with Gasteiger partial charge in [-0.05, 0) is 22.4 Å². The van der Waals surface area contributed by atoms with Crippen molar-refractivity contribution in [2.75, 3.05) is 11.1 Å². The summed E-state index contributed by atoms with van der Waals surface area (Å²) >= 11 is 0. The summed E-state index contributed by atoms with van der Waals surface area (Å²) in [5, 5.41) is 21.6. The zero-order valence-electron chi connectivity index (χ0n) is 8.16. The molecule has 0 spiro atoms. The topological polar surface area (TPSA) is 110 Å². The summed E-state index contributed by atoms with van der Waals surface area (Å²) in [7, 11) is 0. The van der Waals surface area contributed by atoms with Crippen LogP contribution in [0.1, 0.15) is 5.69 Å². The van der Waals surface area contributed by atoms with Crippen LogP contribution in [0.15, 0.2) is 40.1 Å². The van der Waals surface area contributed by atoms with E-state index < -0.39 is 0 Å². The minimum atomic E-state index is 0.0521. The lowest BCUT2D eigenvalue weighted by molar-refractivity contribution is 0.305. The summed E-state index contributed by atoms with van der Waals surface area (Å²) < 4.78 is 4.41. The molecule has 7 nitrogen and oxygen atoms in total. The molecule has 0 saturated carbocycles. The number of hydrogen-bond acceptors (Lipinski definition) is 6. The molecule has 0 fully saturated rings. The number of nitrogens with zero attached hydrogens (tertiary/aromatic N) is 3. The molecule has 1 aromatic carbocycles. The van der Waals surface area contributed by atoms with Crippen molar-refractivity contribution in [2.45, 2.75) is 0 Å². The number of anilines is 2. The van der Waals surface area contributed by atoms with E-state index in [1.807, 2.05) is 18.2 Å². The molecule has 0 unspecified atom stereocenters. The Morgan fingerprint density at radius 2 is 2.06 bits per heavy atom. The molecule has 0 amide bonds. The van der Waals surface area contributed by atoms with Gasteiger partial charge in [0.15, 0.2) is 11.5 Å². The van der Waals surface area contributed by atoms with Crippen LogP contribution in [0.2, 0.25) is 0 Å². The second-order valence-corrected chi connectivity index (χ2v) is 2.94. The Labute approximate surface area is 90.5 Å². The van der Waals surface area contributed by atoms with E-state index in [1.165, 1.54) is 0 Å². The fourth-order valence-corrected chi connectivity index (χ4v) is 1.15. The lowest BCUT2D eigenvalue weighted by Gasteiger charge is -2.04. The summed E-state index contributed by atoms with van der Waals surface area (Å²) in [6.45, 7) is 0. The van der Waals surface area contributed by atoms with E-state index in [9.17, 15) is 0 Å². The average molecular weight is 219 g/mol. The second kappa shape index (κ2) is 4.30. The van der Waals surface area contributed by atoms with Gasteiger partial charge >= 0.3 is 0 Å². The maximum absolute atomic E-state index is 8.84. The van der Waals surface area contributed by atoms with Crippen LogP contribution in [0.3, 0.4) is 0 Å². The van der Waals surface area contributed by atoms with Gasteiger partial charge in [-0.2, -0.15) is 0 Å². The van der Waals surface area contributed by atoms with Gasteiger partial charge in [-0.1, -0.05) is 23.4 Å². The minimum absolute atomic E-state index is 0.0521. The van der Waals surface area contributed by atoms with Crippen molar-refractivity contribution in [2.24, 2.45) is 5.16 Å². The van der Waals surface area contributed by atoms with E-state index in [2.05, 4.69) is 25.4 Å². The van der Waals surface area contributed by atoms with Crippen LogP contribution in [0.25, 0.3) is 0 Å². The number of oxime groups is 1. The van der Waals surface area contributed by atoms with Gasteiger partial charge in [0, 0.05) is 5.69 Å². The normalized spacial score (nSPS) is 11.4. The quantitative estimate of drug-likeness (QED) is 0.299. The molecule has 16 heavy (non-hydrogen) atoms. The first-order valence-electron chi connectivity index (χ1n) is 4.44. The monoisotopic (exact) mass is 219 g/mol. The molecule has 0 aliphatic rings. The van der Waals surface area contributed by atoms with Gasteiger partial charge in [-0.15, -0.1) is 0 Å². The third kappa shape index (κ3) is 1.92. The summed E-state index contributed by atoms with van der Waals surface area (Å²) in [4.78, 5) is 0. The fraction of sp³-hybridized carbons (Fsp3) is 0. The van der Waals surface area contributed by atoms with E-state index in [-0.39, 0.29) is 17.3 Å². The predicted molar refractivity (Wildman–Crippen MR) is 57.1 cm³/mol. The van der Waals surface area contributed by atoms with Crippen LogP contribution in [0.5, 0.6) is 0 Å². The Kier molecular flexibility index (Phi) is 2.68. The third-order valence-electron chi connectivity index (χ3n) is 1.87. The van der Waals surface area contributed by atoms with Crippen molar-refractivity contribution in [3.05, 3.63) is 36.0 Å². The molecular formula is C9H9N5O2. The van der Waals surface area contributed by atoms with Crippen LogP contribution < -0.4 is 11.1 Å². The van der Waals surface area contributed by atoms with Crippen molar-refractivity contribution >= 4 is 17.3 Å². The highest BCUT2D eigenvalue weighted by Crippen LogP contribution is 2.10. The highest BCUT2D eigenvalue weighted by molar-refractivity contribution is 6.08. The van der Waals surface area contributed by atoms with E-state index >= 15 is 0 Å². The van der Waals surface area contributed by atoms with Gasteiger partial charge in [0.2, 0.25) is 5.84 Å². The number of aromatic nitrogens is 2. The van der Waals surface area contributed by atoms with Gasteiger partial charge in [-0.3, -0.25) is 0 Å². The minimum Gasteiger partial charge on any atom is -0.409 e. The molecular weight excluding hydrogens is 210 g/mol. The van der Waals surface area contributed by atoms with E-state index in [0.717, 1.165) is 5.69 Å². The SMILES string of the molecule is Nc1nonc1/C(=N/O)Nc1ccccc1. The summed E-state index contributed by atoms with van der Waals surface area (Å²) in [5.41, 5.74) is 6.36. The number of nitrogen functional groups attached to an aromatic ring is 1. The largest absolute Gasteiger partial charge is 0.409 e. The Morgan fingerprint density at radius 3 is 2.62 bits per heavy atom. The molecule has 1 heterocycles.